The summed E-state index contributed by atoms with van der Waals surface area (Å²) in [5.41, 5.74) is 2.32. The van der Waals surface area contributed by atoms with E-state index in [1.54, 1.807) is 0 Å². The van der Waals surface area contributed by atoms with Crippen molar-refractivity contribution < 1.29 is 5.11 Å². The van der Waals surface area contributed by atoms with E-state index >= 15 is 0 Å². The second kappa shape index (κ2) is 10.9. The van der Waals surface area contributed by atoms with Crippen molar-refractivity contribution in [1.29, 1.82) is 0 Å². The lowest BCUT2D eigenvalue weighted by Gasteiger charge is -2.40. The molecule has 2 aliphatic rings. The maximum atomic E-state index is 10.0. The molecule has 1 aliphatic carbocycles. The molecular formula is C23H39N3O. The first kappa shape index (κ1) is 20.5. The third-order valence-corrected chi connectivity index (χ3v) is 6.43. The molecule has 1 saturated carbocycles. The minimum Gasteiger partial charge on any atom is -0.396 e. The van der Waals surface area contributed by atoms with Gasteiger partial charge in [-0.3, -0.25) is 0 Å². The van der Waals surface area contributed by atoms with Gasteiger partial charge in [-0.15, -0.1) is 0 Å². The summed E-state index contributed by atoms with van der Waals surface area (Å²) < 4.78 is 0. The maximum absolute atomic E-state index is 10.0. The summed E-state index contributed by atoms with van der Waals surface area (Å²) in [6, 6.07) is 8.78. The molecule has 3 N–H and O–H groups in total. The average Bonchev–Trinajstić information content (AvgIpc) is 2.66. The average molecular weight is 374 g/mol. The number of benzene rings is 1. The number of nitrogens with one attached hydrogen (secondary N) is 2. The first-order valence-corrected chi connectivity index (χ1v) is 11.2. The van der Waals surface area contributed by atoms with Gasteiger partial charge in [-0.1, -0.05) is 44.2 Å². The molecule has 2 atom stereocenters. The Labute approximate surface area is 165 Å². The Morgan fingerprint density at radius 2 is 1.70 bits per heavy atom. The number of aliphatic hydroxyl groups is 1. The molecule has 1 unspecified atom stereocenters. The predicted octanol–water partition coefficient (Wildman–Crippen LogP) is 4.57. The zero-order valence-electron chi connectivity index (χ0n) is 17.1. The number of para-hydroxylation sites is 2. The Kier molecular flexibility index (Phi) is 8.28. The molecule has 3 rings (SSSR count). The topological polar surface area (TPSA) is 47.5 Å². The fraction of sp³-hybridized carbons (Fsp3) is 0.739. The van der Waals surface area contributed by atoms with Crippen LogP contribution >= 0.6 is 0 Å². The highest BCUT2D eigenvalue weighted by Gasteiger charge is 2.30. The molecular weight excluding hydrogens is 334 g/mol. The van der Waals surface area contributed by atoms with Gasteiger partial charge in [0.15, 0.2) is 0 Å². The van der Waals surface area contributed by atoms with E-state index in [9.17, 15) is 5.11 Å². The summed E-state index contributed by atoms with van der Waals surface area (Å²) in [5, 5.41) is 17.2. The van der Waals surface area contributed by atoms with E-state index in [2.05, 4.69) is 46.7 Å². The van der Waals surface area contributed by atoms with Crippen LogP contribution in [0.4, 0.5) is 11.4 Å². The van der Waals surface area contributed by atoms with Crippen LogP contribution in [0.1, 0.15) is 58.3 Å². The second-order valence-corrected chi connectivity index (χ2v) is 8.53. The lowest BCUT2D eigenvalue weighted by molar-refractivity contribution is 0.0938. The molecule has 1 aromatic carbocycles. The Balaban J connectivity index is 1.55. The van der Waals surface area contributed by atoms with Crippen molar-refractivity contribution in [2.45, 2.75) is 64.3 Å². The summed E-state index contributed by atoms with van der Waals surface area (Å²) in [6.45, 7) is 6.71. The number of likely N-dealkylation sites (tertiary alicyclic amines) is 1. The second-order valence-electron chi connectivity index (χ2n) is 8.53. The standard InChI is InChI=1S/C23H39N3O/c1-2-24-22-12-8-9-13-23(22)25-21-14-15-26(17-20(21)18-27)16-19-10-6-4-3-5-7-11-19/h8-9,12-13,19-21,24-25,27H,2-7,10-11,14-18H2,1H3/t20-,21?/m0/s1. The van der Waals surface area contributed by atoms with Crippen LogP contribution < -0.4 is 10.6 Å². The summed E-state index contributed by atoms with van der Waals surface area (Å²) >= 11 is 0. The molecule has 1 heterocycles. The van der Waals surface area contributed by atoms with Crippen LogP contribution in [-0.2, 0) is 0 Å². The summed E-state index contributed by atoms with van der Waals surface area (Å²) in [6.07, 6.45) is 11.0. The molecule has 0 spiro atoms. The van der Waals surface area contributed by atoms with Gasteiger partial charge in [0.05, 0.1) is 11.4 Å². The quantitative estimate of drug-likeness (QED) is 0.655. The Morgan fingerprint density at radius 3 is 2.41 bits per heavy atom. The number of nitrogens with zero attached hydrogens (tertiary/aromatic N) is 1. The van der Waals surface area contributed by atoms with E-state index in [1.165, 1.54) is 51.5 Å². The van der Waals surface area contributed by atoms with Crippen molar-refractivity contribution in [2.75, 3.05) is 43.4 Å². The monoisotopic (exact) mass is 373 g/mol. The third-order valence-electron chi connectivity index (χ3n) is 6.43. The van der Waals surface area contributed by atoms with Crippen LogP contribution in [0.25, 0.3) is 0 Å². The normalized spacial score (nSPS) is 25.6. The van der Waals surface area contributed by atoms with E-state index in [0.29, 0.717) is 12.0 Å². The van der Waals surface area contributed by atoms with Crippen molar-refractivity contribution in [3.63, 3.8) is 0 Å². The van der Waals surface area contributed by atoms with Crippen molar-refractivity contribution >= 4 is 11.4 Å². The number of hydrogen-bond acceptors (Lipinski definition) is 4. The minimum atomic E-state index is 0.266. The molecule has 1 saturated heterocycles. The van der Waals surface area contributed by atoms with E-state index in [-0.39, 0.29) is 6.61 Å². The SMILES string of the molecule is CCNc1ccccc1NC1CCN(CC2CCCCCCC2)C[C@H]1CO. The van der Waals surface area contributed by atoms with Gasteiger partial charge in [-0.2, -0.15) is 0 Å². The van der Waals surface area contributed by atoms with E-state index in [0.717, 1.165) is 43.3 Å². The molecule has 0 radical (unpaired) electrons. The van der Waals surface area contributed by atoms with Gasteiger partial charge in [-0.25, -0.2) is 0 Å². The van der Waals surface area contributed by atoms with Crippen LogP contribution in [0, 0.1) is 11.8 Å². The highest BCUT2D eigenvalue weighted by atomic mass is 16.3. The number of rotatable bonds is 7. The molecule has 0 amide bonds. The zero-order valence-corrected chi connectivity index (χ0v) is 17.1. The molecule has 0 aromatic heterocycles. The van der Waals surface area contributed by atoms with Crippen LogP contribution in [0.15, 0.2) is 24.3 Å². The molecule has 4 heteroatoms. The lowest BCUT2D eigenvalue weighted by atomic mass is 9.88. The molecule has 1 aliphatic heterocycles. The van der Waals surface area contributed by atoms with E-state index in [4.69, 9.17) is 0 Å². The first-order valence-electron chi connectivity index (χ1n) is 11.2. The Bertz CT molecular complexity index is 542. The molecule has 27 heavy (non-hydrogen) atoms. The molecule has 2 fully saturated rings. The largest absolute Gasteiger partial charge is 0.396 e. The fourth-order valence-electron chi connectivity index (χ4n) is 4.89. The maximum Gasteiger partial charge on any atom is 0.0578 e. The smallest absolute Gasteiger partial charge is 0.0578 e. The summed E-state index contributed by atoms with van der Waals surface area (Å²) in [7, 11) is 0. The van der Waals surface area contributed by atoms with Crippen molar-refractivity contribution in [3.8, 4) is 0 Å². The molecule has 1 aromatic rings. The summed E-state index contributed by atoms with van der Waals surface area (Å²) in [4.78, 5) is 2.63. The van der Waals surface area contributed by atoms with Crippen LogP contribution in [-0.4, -0.2) is 48.8 Å². The Morgan fingerprint density at radius 1 is 1.00 bits per heavy atom. The van der Waals surface area contributed by atoms with Gasteiger partial charge in [0.1, 0.15) is 0 Å². The first-order chi connectivity index (χ1) is 13.3. The van der Waals surface area contributed by atoms with Gasteiger partial charge in [0, 0.05) is 44.7 Å². The van der Waals surface area contributed by atoms with Crippen molar-refractivity contribution in [1.82, 2.24) is 4.90 Å². The van der Waals surface area contributed by atoms with Gasteiger partial charge < -0.3 is 20.6 Å². The van der Waals surface area contributed by atoms with Gasteiger partial charge in [0.25, 0.3) is 0 Å². The minimum absolute atomic E-state index is 0.266. The predicted molar refractivity (Wildman–Crippen MR) is 115 cm³/mol. The summed E-state index contributed by atoms with van der Waals surface area (Å²) in [5.74, 6) is 1.17. The number of hydrogen-bond donors (Lipinski definition) is 3. The number of anilines is 2. The fourth-order valence-corrected chi connectivity index (χ4v) is 4.89. The zero-order chi connectivity index (χ0) is 18.9. The van der Waals surface area contributed by atoms with Crippen LogP contribution in [0.3, 0.4) is 0 Å². The van der Waals surface area contributed by atoms with Crippen molar-refractivity contribution in [2.24, 2.45) is 11.8 Å². The number of aliphatic hydroxyl groups excluding tert-OH is 1. The van der Waals surface area contributed by atoms with Crippen LogP contribution in [0.5, 0.6) is 0 Å². The highest BCUT2D eigenvalue weighted by molar-refractivity contribution is 5.68. The van der Waals surface area contributed by atoms with Gasteiger partial charge in [-0.05, 0) is 44.2 Å². The van der Waals surface area contributed by atoms with Gasteiger partial charge in [0.2, 0.25) is 0 Å². The number of piperidine rings is 1. The molecule has 4 nitrogen and oxygen atoms in total. The van der Waals surface area contributed by atoms with Gasteiger partial charge >= 0.3 is 0 Å². The van der Waals surface area contributed by atoms with Crippen LogP contribution in [0.2, 0.25) is 0 Å². The highest BCUT2D eigenvalue weighted by Crippen LogP contribution is 2.28. The molecule has 152 valence electrons. The van der Waals surface area contributed by atoms with Crippen molar-refractivity contribution in [3.05, 3.63) is 24.3 Å². The Hall–Kier alpha value is -1.26. The van der Waals surface area contributed by atoms with E-state index < -0.39 is 0 Å². The lowest BCUT2D eigenvalue weighted by Crippen LogP contribution is -2.49. The third kappa shape index (κ3) is 6.11. The van der Waals surface area contributed by atoms with E-state index in [1.807, 2.05) is 0 Å². The molecule has 0 bridgehead atoms.